The normalized spacial score (nSPS) is 12.6. The minimum absolute atomic E-state index is 0.0161. The maximum absolute atomic E-state index is 12.5. The monoisotopic (exact) mass is 1220 g/mol. The van der Waals surface area contributed by atoms with Crippen LogP contribution in [0.1, 0.15) is 457 Å². The van der Waals surface area contributed by atoms with Gasteiger partial charge in [0.2, 0.25) is 5.91 Å². The van der Waals surface area contributed by atoms with Gasteiger partial charge in [-0.15, -0.1) is 0 Å². The number of rotatable bonds is 76. The molecule has 516 valence electrons. The summed E-state index contributed by atoms with van der Waals surface area (Å²) in [5.41, 5.74) is 0. The third-order valence-corrected chi connectivity index (χ3v) is 19.0. The Hall–Kier alpha value is -1.66. The molecule has 0 fully saturated rings. The summed E-state index contributed by atoms with van der Waals surface area (Å²) in [5.74, 6) is -0.0419. The van der Waals surface area contributed by atoms with Crippen LogP contribution in [0.15, 0.2) is 24.3 Å². The highest BCUT2D eigenvalue weighted by Gasteiger charge is 2.18. The Morgan fingerprint density at radius 2 is 0.540 bits per heavy atom. The second-order valence-electron chi connectivity index (χ2n) is 27.8. The summed E-state index contributed by atoms with van der Waals surface area (Å²) in [6.45, 7) is 4.94. The predicted molar refractivity (Wildman–Crippen MR) is 384 cm³/mol. The molecule has 0 bridgehead atoms. The Balaban J connectivity index is 3.30. The lowest BCUT2D eigenvalue weighted by Gasteiger charge is -2.20. The van der Waals surface area contributed by atoms with Crippen LogP contribution in [0.25, 0.3) is 0 Å². The molecule has 6 nitrogen and oxygen atoms in total. The molecule has 3 N–H and O–H groups in total. The molecule has 2 unspecified atom stereocenters. The Morgan fingerprint density at radius 1 is 0.310 bits per heavy atom. The number of ether oxygens (including phenoxy) is 1. The summed E-state index contributed by atoms with van der Waals surface area (Å²) in [6, 6.07) is -0.623. The molecule has 1 amide bonds. The molecular weight excluding hydrogens is 1070 g/mol. The first-order valence-electron chi connectivity index (χ1n) is 40.1. The second kappa shape index (κ2) is 76.8. The van der Waals surface area contributed by atoms with Crippen LogP contribution in [0.5, 0.6) is 0 Å². The molecule has 0 aromatic heterocycles. The van der Waals surface area contributed by atoms with Gasteiger partial charge < -0.3 is 20.3 Å². The Bertz CT molecular complexity index is 1360. The van der Waals surface area contributed by atoms with Crippen LogP contribution in [-0.4, -0.2) is 47.4 Å². The average Bonchev–Trinajstić information content (AvgIpc) is 3.54. The van der Waals surface area contributed by atoms with E-state index in [0.29, 0.717) is 19.4 Å². The van der Waals surface area contributed by atoms with E-state index in [1.54, 1.807) is 6.08 Å². The van der Waals surface area contributed by atoms with Gasteiger partial charge in [-0.1, -0.05) is 411 Å². The van der Waals surface area contributed by atoms with E-state index in [0.717, 1.165) is 44.9 Å². The number of hydrogen-bond donors (Lipinski definition) is 3. The van der Waals surface area contributed by atoms with Crippen LogP contribution in [0.2, 0.25) is 0 Å². The van der Waals surface area contributed by atoms with E-state index < -0.39 is 12.1 Å². The number of hydrogen-bond acceptors (Lipinski definition) is 5. The molecule has 0 aromatic carbocycles. The van der Waals surface area contributed by atoms with Crippen LogP contribution in [0, 0.1) is 0 Å². The summed E-state index contributed by atoms with van der Waals surface area (Å²) in [6.07, 6.45) is 98.9. The van der Waals surface area contributed by atoms with Crippen molar-refractivity contribution in [2.24, 2.45) is 0 Å². The van der Waals surface area contributed by atoms with E-state index in [2.05, 4.69) is 31.3 Å². The Labute approximate surface area is 545 Å². The van der Waals surface area contributed by atoms with Crippen molar-refractivity contribution in [3.05, 3.63) is 24.3 Å². The topological polar surface area (TPSA) is 95.9 Å². The van der Waals surface area contributed by atoms with Crippen molar-refractivity contribution in [1.82, 2.24) is 5.32 Å². The summed E-state index contributed by atoms with van der Waals surface area (Å²) < 4.78 is 5.50. The number of esters is 1. The molecule has 0 aliphatic carbocycles. The first kappa shape index (κ1) is 85.3. The molecule has 0 saturated carbocycles. The molecule has 0 spiro atoms. The third-order valence-electron chi connectivity index (χ3n) is 19.0. The summed E-state index contributed by atoms with van der Waals surface area (Å²) in [4.78, 5) is 24.6. The van der Waals surface area contributed by atoms with Gasteiger partial charge in [0.25, 0.3) is 0 Å². The number of allylic oxidation sites excluding steroid dienone is 3. The van der Waals surface area contributed by atoms with Crippen molar-refractivity contribution in [3.63, 3.8) is 0 Å². The van der Waals surface area contributed by atoms with Gasteiger partial charge in [-0.3, -0.25) is 9.59 Å². The molecule has 87 heavy (non-hydrogen) atoms. The van der Waals surface area contributed by atoms with Crippen molar-refractivity contribution < 1.29 is 24.5 Å². The fourth-order valence-corrected chi connectivity index (χ4v) is 12.9. The van der Waals surface area contributed by atoms with Gasteiger partial charge in [0, 0.05) is 12.8 Å². The molecule has 0 aliphatic rings. The summed E-state index contributed by atoms with van der Waals surface area (Å²) in [5, 5.41) is 23.2. The Morgan fingerprint density at radius 3 is 0.816 bits per heavy atom. The van der Waals surface area contributed by atoms with Crippen molar-refractivity contribution in [1.29, 1.82) is 0 Å². The number of carbonyl (C=O) groups excluding carboxylic acids is 2. The smallest absolute Gasteiger partial charge is 0.305 e. The van der Waals surface area contributed by atoms with Gasteiger partial charge in [0.05, 0.1) is 25.4 Å². The van der Waals surface area contributed by atoms with Crippen molar-refractivity contribution >= 4 is 11.9 Å². The number of aliphatic hydroxyl groups excluding tert-OH is 2. The maximum atomic E-state index is 12.5. The van der Waals surface area contributed by atoms with Crippen LogP contribution in [0.3, 0.4) is 0 Å². The summed E-state index contributed by atoms with van der Waals surface area (Å²) in [7, 11) is 0. The van der Waals surface area contributed by atoms with Gasteiger partial charge in [-0.2, -0.15) is 0 Å². The maximum Gasteiger partial charge on any atom is 0.305 e. The number of unbranched alkanes of at least 4 members (excludes halogenated alkanes) is 63. The van der Waals surface area contributed by atoms with E-state index in [1.165, 1.54) is 385 Å². The fourth-order valence-electron chi connectivity index (χ4n) is 12.9. The minimum atomic E-state index is -0.840. The fraction of sp³-hybridized carbons (Fsp3) is 0.926. The molecule has 0 rings (SSSR count). The average molecular weight is 1230 g/mol. The van der Waals surface area contributed by atoms with Crippen molar-refractivity contribution in [3.8, 4) is 0 Å². The highest BCUT2D eigenvalue weighted by atomic mass is 16.5. The molecule has 0 aliphatic heterocycles. The van der Waals surface area contributed by atoms with Crippen LogP contribution >= 0.6 is 0 Å². The zero-order valence-electron chi connectivity index (χ0n) is 59.3. The second-order valence-corrected chi connectivity index (χ2v) is 27.8. The predicted octanol–water partition coefficient (Wildman–Crippen LogP) is 26.4. The number of carbonyl (C=O) groups is 2. The SMILES string of the molecule is CCCCCCC/C=C\CCCCCCCC(=O)OCCCCCCCCCCCCCCCCCCCCCCCCCCCCCCCCCCCCCCCCCC(=O)NC(CO)C(O)/C=C/CCCCCCCCCCCCCCCCC. The van der Waals surface area contributed by atoms with Crippen LogP contribution in [0.4, 0.5) is 0 Å². The van der Waals surface area contributed by atoms with Gasteiger partial charge in [0.1, 0.15) is 0 Å². The molecule has 0 heterocycles. The first-order chi connectivity index (χ1) is 43.0. The highest BCUT2D eigenvalue weighted by molar-refractivity contribution is 5.76. The summed E-state index contributed by atoms with van der Waals surface area (Å²) >= 11 is 0. The van der Waals surface area contributed by atoms with Crippen molar-refractivity contribution in [2.45, 2.75) is 469 Å². The van der Waals surface area contributed by atoms with E-state index in [-0.39, 0.29) is 18.5 Å². The molecule has 0 saturated heterocycles. The third kappa shape index (κ3) is 73.3. The quantitative estimate of drug-likeness (QED) is 0.0320. The number of amides is 1. The lowest BCUT2D eigenvalue weighted by molar-refractivity contribution is -0.143. The minimum Gasteiger partial charge on any atom is -0.466 e. The van der Waals surface area contributed by atoms with Crippen LogP contribution < -0.4 is 5.32 Å². The molecule has 0 radical (unpaired) electrons. The van der Waals surface area contributed by atoms with Gasteiger partial charge in [-0.05, 0) is 57.8 Å². The molecule has 2 atom stereocenters. The molecule has 0 aromatic rings. The number of aliphatic hydroxyl groups is 2. The number of nitrogens with one attached hydrogen (secondary N) is 1. The van der Waals surface area contributed by atoms with E-state index in [4.69, 9.17) is 4.74 Å². The van der Waals surface area contributed by atoms with Crippen molar-refractivity contribution in [2.75, 3.05) is 13.2 Å². The standard InChI is InChI=1S/C81H157NO5/c1-3-5-7-9-11-13-15-17-19-43-46-49-53-57-61-65-69-73-79(84)78(77-83)82-80(85)74-70-66-62-58-54-50-47-44-41-39-37-35-33-31-29-27-25-23-21-20-22-24-26-28-30-32-34-36-38-40-42-45-48-52-56-60-64-68-72-76-87-81(86)75-71-67-63-59-55-51-18-16-14-12-10-8-6-4-2/h16,18,69,73,78-79,83-84H,3-15,17,19-68,70-72,74-77H2,1-2H3,(H,82,85)/b18-16-,73-69+. The molecular formula is C81H157NO5. The largest absolute Gasteiger partial charge is 0.466 e. The zero-order chi connectivity index (χ0) is 62.8. The first-order valence-corrected chi connectivity index (χ1v) is 40.1. The van der Waals surface area contributed by atoms with Crippen LogP contribution in [-0.2, 0) is 14.3 Å². The highest BCUT2D eigenvalue weighted by Crippen LogP contribution is 2.20. The lowest BCUT2D eigenvalue weighted by Crippen LogP contribution is -2.45. The van der Waals surface area contributed by atoms with E-state index >= 15 is 0 Å². The Kier molecular flexibility index (Phi) is 75.3. The van der Waals surface area contributed by atoms with E-state index in [1.807, 2.05) is 6.08 Å². The molecule has 6 heteroatoms. The van der Waals surface area contributed by atoms with Gasteiger partial charge >= 0.3 is 5.97 Å². The lowest BCUT2D eigenvalue weighted by atomic mass is 10.0. The van der Waals surface area contributed by atoms with Gasteiger partial charge in [-0.25, -0.2) is 0 Å². The van der Waals surface area contributed by atoms with Gasteiger partial charge in [0.15, 0.2) is 0 Å². The zero-order valence-corrected chi connectivity index (χ0v) is 59.3. The van der Waals surface area contributed by atoms with E-state index in [9.17, 15) is 19.8 Å².